The number of hydrogen-bond donors (Lipinski definition) is 2. The number of urea groups is 1. The van der Waals surface area contributed by atoms with E-state index >= 15 is 0 Å². The predicted molar refractivity (Wildman–Crippen MR) is 88.3 cm³/mol. The van der Waals surface area contributed by atoms with Crippen LogP contribution < -0.4 is 10.6 Å². The first kappa shape index (κ1) is 20.4. The van der Waals surface area contributed by atoms with Crippen molar-refractivity contribution in [3.63, 3.8) is 0 Å². The van der Waals surface area contributed by atoms with Gasteiger partial charge in [-0.1, -0.05) is 18.2 Å². The van der Waals surface area contributed by atoms with Gasteiger partial charge in [0, 0.05) is 24.9 Å². The Morgan fingerprint density at radius 3 is 2.52 bits per heavy atom. The molecule has 2 N–H and O–H groups in total. The number of carbonyl (C=O) groups excluding carboxylic acids is 2. The van der Waals surface area contributed by atoms with Gasteiger partial charge in [0.15, 0.2) is 6.19 Å². The highest BCUT2D eigenvalue weighted by molar-refractivity contribution is 7.90. The highest BCUT2D eigenvalue weighted by Gasteiger charge is 2.28. The molecule has 10 heteroatoms. The SMILES string of the molecule is CCN(C#N)C(=O)C(CS(C)(=O)=O)NC(=O)NCc1ccccc1F. The molecule has 1 aromatic carbocycles. The number of nitriles is 1. The van der Waals surface area contributed by atoms with Gasteiger partial charge >= 0.3 is 6.03 Å². The third-order valence-corrected chi connectivity index (χ3v) is 4.11. The van der Waals surface area contributed by atoms with Crippen molar-refractivity contribution in [2.45, 2.75) is 19.5 Å². The Labute approximate surface area is 145 Å². The summed E-state index contributed by atoms with van der Waals surface area (Å²) < 4.78 is 36.5. The molecule has 0 aliphatic rings. The van der Waals surface area contributed by atoms with Crippen LogP contribution in [0.5, 0.6) is 0 Å². The van der Waals surface area contributed by atoms with Crippen LogP contribution in [-0.2, 0) is 21.2 Å². The normalized spacial score (nSPS) is 11.9. The molecular formula is C15H19FN4O4S. The lowest BCUT2D eigenvalue weighted by molar-refractivity contribution is -0.129. The second kappa shape index (κ2) is 8.98. The summed E-state index contributed by atoms with van der Waals surface area (Å²) in [5, 5.41) is 13.5. The number of carbonyl (C=O) groups is 2. The fraction of sp³-hybridized carbons (Fsp3) is 0.400. The van der Waals surface area contributed by atoms with Gasteiger partial charge < -0.3 is 10.6 Å². The fourth-order valence-electron chi connectivity index (χ4n) is 1.97. The van der Waals surface area contributed by atoms with Crippen LogP contribution in [0.15, 0.2) is 24.3 Å². The van der Waals surface area contributed by atoms with Crippen LogP contribution in [0.4, 0.5) is 9.18 Å². The Kier molecular flexibility index (Phi) is 7.32. The van der Waals surface area contributed by atoms with Crippen LogP contribution in [0.2, 0.25) is 0 Å². The van der Waals surface area contributed by atoms with E-state index in [2.05, 4.69) is 10.6 Å². The van der Waals surface area contributed by atoms with Gasteiger partial charge in [0.05, 0.1) is 5.75 Å². The molecule has 0 aromatic heterocycles. The molecule has 1 unspecified atom stereocenters. The van der Waals surface area contributed by atoms with Crippen LogP contribution in [-0.4, -0.2) is 49.9 Å². The molecular weight excluding hydrogens is 351 g/mol. The van der Waals surface area contributed by atoms with Crippen molar-refractivity contribution in [1.29, 1.82) is 5.26 Å². The maximum atomic E-state index is 13.5. The molecule has 0 aliphatic heterocycles. The molecule has 1 rings (SSSR count). The topological polar surface area (TPSA) is 119 Å². The zero-order chi connectivity index (χ0) is 19.0. The van der Waals surface area contributed by atoms with Crippen LogP contribution in [0.3, 0.4) is 0 Å². The highest BCUT2D eigenvalue weighted by atomic mass is 32.2. The monoisotopic (exact) mass is 370 g/mol. The third kappa shape index (κ3) is 6.76. The van der Waals surface area contributed by atoms with Crippen molar-refractivity contribution >= 4 is 21.8 Å². The van der Waals surface area contributed by atoms with E-state index in [1.54, 1.807) is 12.3 Å². The van der Waals surface area contributed by atoms with E-state index in [-0.39, 0.29) is 18.7 Å². The molecule has 3 amide bonds. The largest absolute Gasteiger partial charge is 0.334 e. The van der Waals surface area contributed by atoms with Crippen molar-refractivity contribution in [1.82, 2.24) is 15.5 Å². The second-order valence-electron chi connectivity index (χ2n) is 5.25. The molecule has 0 heterocycles. The van der Waals surface area contributed by atoms with Gasteiger partial charge in [-0.25, -0.2) is 22.5 Å². The van der Waals surface area contributed by atoms with E-state index < -0.39 is 39.4 Å². The standard InChI is InChI=1S/C15H19FN4O4S/c1-3-20(10-17)14(21)13(9-25(2,23)24)19-15(22)18-8-11-6-4-5-7-12(11)16/h4-7,13H,3,8-9H2,1-2H3,(H2,18,19,22). The minimum absolute atomic E-state index is 0.0358. The van der Waals surface area contributed by atoms with Gasteiger partial charge in [-0.2, -0.15) is 5.26 Å². The van der Waals surface area contributed by atoms with Gasteiger partial charge in [-0.15, -0.1) is 0 Å². The lowest BCUT2D eigenvalue weighted by Gasteiger charge is -2.21. The summed E-state index contributed by atoms with van der Waals surface area (Å²) in [6, 6.07) is 3.54. The van der Waals surface area contributed by atoms with E-state index in [1.807, 2.05) is 0 Å². The van der Waals surface area contributed by atoms with Gasteiger partial charge in [0.25, 0.3) is 5.91 Å². The summed E-state index contributed by atoms with van der Waals surface area (Å²) >= 11 is 0. The maximum absolute atomic E-state index is 13.5. The number of nitrogens with one attached hydrogen (secondary N) is 2. The molecule has 136 valence electrons. The number of nitrogens with zero attached hydrogens (tertiary/aromatic N) is 2. The molecule has 0 radical (unpaired) electrons. The van der Waals surface area contributed by atoms with Crippen molar-refractivity contribution in [3.8, 4) is 6.19 Å². The summed E-state index contributed by atoms with van der Waals surface area (Å²) in [4.78, 5) is 24.9. The van der Waals surface area contributed by atoms with Crippen LogP contribution in [0.1, 0.15) is 12.5 Å². The summed E-state index contributed by atoms with van der Waals surface area (Å²) in [5.41, 5.74) is 0.232. The minimum atomic E-state index is -3.60. The highest BCUT2D eigenvalue weighted by Crippen LogP contribution is 2.05. The molecule has 1 atom stereocenters. The number of halogens is 1. The molecule has 0 spiro atoms. The quantitative estimate of drug-likeness (QED) is 0.531. The second-order valence-corrected chi connectivity index (χ2v) is 7.43. The van der Waals surface area contributed by atoms with Crippen molar-refractivity contribution in [2.75, 3.05) is 18.6 Å². The van der Waals surface area contributed by atoms with Crippen molar-refractivity contribution in [3.05, 3.63) is 35.6 Å². The first-order chi connectivity index (χ1) is 11.7. The summed E-state index contributed by atoms with van der Waals surface area (Å²) in [6.07, 6.45) is 2.54. The molecule has 0 fully saturated rings. The Hall–Kier alpha value is -2.67. The summed E-state index contributed by atoms with van der Waals surface area (Å²) in [7, 11) is -3.60. The lowest BCUT2D eigenvalue weighted by atomic mass is 10.2. The number of likely N-dealkylation sites (N-methyl/N-ethyl adjacent to an activating group) is 1. The third-order valence-electron chi connectivity index (χ3n) is 3.17. The maximum Gasteiger partial charge on any atom is 0.315 e. The number of rotatable bonds is 7. The predicted octanol–water partition coefficient (Wildman–Crippen LogP) is 0.368. The Morgan fingerprint density at radius 1 is 1.36 bits per heavy atom. The summed E-state index contributed by atoms with van der Waals surface area (Å²) in [6.45, 7) is 1.43. The molecule has 0 bridgehead atoms. The lowest BCUT2D eigenvalue weighted by Crippen LogP contribution is -2.53. The van der Waals surface area contributed by atoms with Crippen LogP contribution in [0, 0.1) is 17.3 Å². The fourth-order valence-corrected chi connectivity index (χ4v) is 2.80. The van der Waals surface area contributed by atoms with Gasteiger partial charge in [-0.3, -0.25) is 4.79 Å². The molecule has 0 saturated heterocycles. The van der Waals surface area contributed by atoms with Gasteiger partial charge in [-0.05, 0) is 13.0 Å². The van der Waals surface area contributed by atoms with Crippen molar-refractivity contribution in [2.24, 2.45) is 0 Å². The van der Waals surface area contributed by atoms with Gasteiger partial charge in [0.2, 0.25) is 0 Å². The molecule has 0 aliphatic carbocycles. The first-order valence-corrected chi connectivity index (χ1v) is 9.40. The average Bonchev–Trinajstić information content (AvgIpc) is 2.53. The van der Waals surface area contributed by atoms with E-state index in [0.29, 0.717) is 0 Å². The van der Waals surface area contributed by atoms with Gasteiger partial charge in [0.1, 0.15) is 21.7 Å². The first-order valence-electron chi connectivity index (χ1n) is 7.34. The zero-order valence-electron chi connectivity index (χ0n) is 13.8. The summed E-state index contributed by atoms with van der Waals surface area (Å²) in [5.74, 6) is -2.00. The van der Waals surface area contributed by atoms with E-state index in [9.17, 15) is 22.4 Å². The molecule has 0 saturated carbocycles. The molecule has 8 nitrogen and oxygen atoms in total. The van der Waals surface area contributed by atoms with E-state index in [4.69, 9.17) is 5.26 Å². The van der Waals surface area contributed by atoms with E-state index in [1.165, 1.54) is 25.1 Å². The van der Waals surface area contributed by atoms with E-state index in [0.717, 1.165) is 11.2 Å². The average molecular weight is 370 g/mol. The Balaban J connectivity index is 2.79. The number of amides is 3. The number of benzene rings is 1. The number of sulfone groups is 1. The Morgan fingerprint density at radius 2 is 2.00 bits per heavy atom. The minimum Gasteiger partial charge on any atom is -0.334 e. The number of hydrogen-bond acceptors (Lipinski definition) is 5. The smallest absolute Gasteiger partial charge is 0.315 e. The van der Waals surface area contributed by atoms with Crippen LogP contribution in [0.25, 0.3) is 0 Å². The Bertz CT molecular complexity index is 776. The molecule has 25 heavy (non-hydrogen) atoms. The van der Waals surface area contributed by atoms with Crippen molar-refractivity contribution < 1.29 is 22.4 Å². The molecule has 1 aromatic rings. The zero-order valence-corrected chi connectivity index (χ0v) is 14.6. The van der Waals surface area contributed by atoms with Crippen LogP contribution >= 0.6 is 0 Å².